The number of halogens is 1. The monoisotopic (exact) mass is 398 g/mol. The number of carbonyl (C=O) groups is 2. The highest BCUT2D eigenvalue weighted by atomic mass is 19.1. The number of benzene rings is 2. The Morgan fingerprint density at radius 2 is 1.79 bits per heavy atom. The fourth-order valence-electron chi connectivity index (χ4n) is 3.23. The van der Waals surface area contributed by atoms with Gasteiger partial charge in [0.05, 0.1) is 20.3 Å². The van der Waals surface area contributed by atoms with Crippen LogP contribution >= 0.6 is 0 Å². The molecule has 0 aromatic heterocycles. The molecule has 29 heavy (non-hydrogen) atoms. The van der Waals surface area contributed by atoms with Gasteiger partial charge < -0.3 is 14.4 Å². The summed E-state index contributed by atoms with van der Waals surface area (Å²) in [4.78, 5) is 28.1. The normalized spacial score (nSPS) is 18.0. The first kappa shape index (κ1) is 20.4. The molecule has 0 N–H and O–H groups in total. The molecule has 0 radical (unpaired) electrons. The zero-order chi connectivity index (χ0) is 20.8. The van der Waals surface area contributed by atoms with E-state index in [-0.39, 0.29) is 37.4 Å². The van der Waals surface area contributed by atoms with Crippen molar-refractivity contribution in [2.45, 2.75) is 12.6 Å². The Balaban J connectivity index is 1.95. The van der Waals surface area contributed by atoms with Crippen molar-refractivity contribution in [1.82, 2.24) is 9.80 Å². The summed E-state index contributed by atoms with van der Waals surface area (Å²) in [5.41, 5.74) is 1.70. The van der Waals surface area contributed by atoms with E-state index in [0.29, 0.717) is 0 Å². The summed E-state index contributed by atoms with van der Waals surface area (Å²) in [6.45, 7) is 0.440. The number of hydrogen-bond acceptors (Lipinski definition) is 4. The molecule has 0 unspecified atom stereocenters. The minimum absolute atomic E-state index is 0.106. The highest BCUT2D eigenvalue weighted by molar-refractivity contribution is 5.83. The number of carbonyl (C=O) groups excluding carboxylic acids is 2. The maximum Gasteiger partial charge on any atom is 0.410 e. The summed E-state index contributed by atoms with van der Waals surface area (Å²) in [5.74, 6) is 0.151. The van der Waals surface area contributed by atoms with Crippen molar-refractivity contribution in [2.24, 2.45) is 0 Å². The molecule has 6 nitrogen and oxygen atoms in total. The van der Waals surface area contributed by atoms with Gasteiger partial charge in [0.1, 0.15) is 18.1 Å². The molecule has 3 rings (SSSR count). The Labute approximate surface area is 169 Å². The first-order chi connectivity index (χ1) is 14.0. The number of hydrogen-bond donors (Lipinski definition) is 0. The number of amides is 2. The number of methoxy groups -OCH3 is 2. The Bertz CT molecular complexity index is 881. The molecule has 7 heteroatoms. The van der Waals surface area contributed by atoms with Gasteiger partial charge in [-0.05, 0) is 35.4 Å². The number of ether oxygens (including phenoxy) is 2. The molecule has 0 saturated carbocycles. The lowest BCUT2D eigenvalue weighted by Crippen LogP contribution is -2.45. The molecule has 1 atom stereocenters. The predicted octanol–water partition coefficient (Wildman–Crippen LogP) is 3.54. The van der Waals surface area contributed by atoms with Crippen molar-refractivity contribution < 1.29 is 23.5 Å². The number of rotatable bonds is 4. The Morgan fingerprint density at radius 3 is 2.41 bits per heavy atom. The van der Waals surface area contributed by atoms with Gasteiger partial charge in [-0.15, -0.1) is 0 Å². The summed E-state index contributed by atoms with van der Waals surface area (Å²) in [6.07, 6.45) is 3.17. The third kappa shape index (κ3) is 4.93. The van der Waals surface area contributed by atoms with E-state index in [1.54, 1.807) is 24.1 Å². The largest absolute Gasteiger partial charge is 0.497 e. The van der Waals surface area contributed by atoms with Crippen LogP contribution in [0.25, 0.3) is 0 Å². The molecule has 2 aromatic rings. The average molecular weight is 398 g/mol. The fraction of sp³-hybridized carbons (Fsp3) is 0.273. The van der Waals surface area contributed by atoms with Gasteiger partial charge in [0.15, 0.2) is 0 Å². The van der Waals surface area contributed by atoms with Gasteiger partial charge >= 0.3 is 6.09 Å². The van der Waals surface area contributed by atoms with Crippen LogP contribution in [-0.2, 0) is 16.1 Å². The van der Waals surface area contributed by atoms with Gasteiger partial charge in [0.25, 0.3) is 0 Å². The molecule has 2 aromatic carbocycles. The van der Waals surface area contributed by atoms with Crippen LogP contribution in [0, 0.1) is 5.82 Å². The van der Waals surface area contributed by atoms with E-state index < -0.39 is 6.09 Å². The van der Waals surface area contributed by atoms with Crippen LogP contribution in [0.4, 0.5) is 9.18 Å². The van der Waals surface area contributed by atoms with E-state index in [1.165, 1.54) is 24.1 Å². The van der Waals surface area contributed by atoms with Crippen LogP contribution in [0.15, 0.2) is 60.7 Å². The highest BCUT2D eigenvalue weighted by Crippen LogP contribution is 2.28. The van der Waals surface area contributed by atoms with Crippen molar-refractivity contribution in [3.8, 4) is 5.75 Å². The molecule has 0 saturated heterocycles. The van der Waals surface area contributed by atoms with Gasteiger partial charge in [-0.1, -0.05) is 36.4 Å². The van der Waals surface area contributed by atoms with E-state index in [4.69, 9.17) is 9.47 Å². The van der Waals surface area contributed by atoms with Gasteiger partial charge in [0, 0.05) is 13.1 Å². The second-order valence-electron chi connectivity index (χ2n) is 6.64. The highest BCUT2D eigenvalue weighted by Gasteiger charge is 2.28. The molecule has 0 fully saturated rings. The lowest BCUT2D eigenvalue weighted by atomic mass is 10.0. The topological polar surface area (TPSA) is 59.1 Å². The molecular weight excluding hydrogens is 375 g/mol. The van der Waals surface area contributed by atoms with Crippen molar-refractivity contribution >= 4 is 12.0 Å². The van der Waals surface area contributed by atoms with Crippen molar-refractivity contribution in [3.63, 3.8) is 0 Å². The first-order valence-corrected chi connectivity index (χ1v) is 9.19. The molecule has 1 aliphatic heterocycles. The lowest BCUT2D eigenvalue weighted by Gasteiger charge is -2.34. The van der Waals surface area contributed by atoms with E-state index in [1.807, 2.05) is 36.4 Å². The zero-order valence-electron chi connectivity index (χ0n) is 16.4. The molecule has 0 bridgehead atoms. The maximum absolute atomic E-state index is 13.3. The summed E-state index contributed by atoms with van der Waals surface area (Å²) in [6, 6.07) is 13.2. The van der Waals surface area contributed by atoms with Crippen LogP contribution in [0.1, 0.15) is 17.2 Å². The van der Waals surface area contributed by atoms with E-state index in [9.17, 15) is 14.0 Å². The van der Waals surface area contributed by atoms with Gasteiger partial charge in [-0.3, -0.25) is 9.69 Å². The maximum atomic E-state index is 13.3. The van der Waals surface area contributed by atoms with Crippen LogP contribution in [0.3, 0.4) is 0 Å². The molecule has 2 amide bonds. The Hall–Kier alpha value is -3.35. The smallest absolute Gasteiger partial charge is 0.410 e. The fourth-order valence-corrected chi connectivity index (χ4v) is 3.23. The summed E-state index contributed by atoms with van der Waals surface area (Å²) < 4.78 is 23.3. The van der Waals surface area contributed by atoms with E-state index >= 15 is 0 Å². The molecule has 1 aliphatic rings. The number of nitrogens with zero attached hydrogens (tertiary/aromatic N) is 2. The van der Waals surface area contributed by atoms with Crippen LogP contribution in [0.5, 0.6) is 5.75 Å². The lowest BCUT2D eigenvalue weighted by molar-refractivity contribution is -0.134. The zero-order valence-corrected chi connectivity index (χ0v) is 16.4. The van der Waals surface area contributed by atoms with Crippen molar-refractivity contribution in [3.05, 3.63) is 77.6 Å². The van der Waals surface area contributed by atoms with Gasteiger partial charge in [-0.2, -0.15) is 0 Å². The van der Waals surface area contributed by atoms with E-state index in [0.717, 1.165) is 16.9 Å². The standard InChI is InChI=1S/C22H23FN2O4/c1-28-19-11-7-17(8-12-19)20-4-3-13-24(22(27)29-2)15-21(26)25(20)14-16-5-9-18(23)10-6-16/h3-12,20H,13-15H2,1-2H3/b4-3-/t20-/m1/s1. The molecule has 152 valence electrons. The molecule has 1 heterocycles. The van der Waals surface area contributed by atoms with Crippen molar-refractivity contribution in [2.75, 3.05) is 27.3 Å². The third-order valence-corrected chi connectivity index (χ3v) is 4.78. The molecular formula is C22H23FN2O4. The molecule has 0 aliphatic carbocycles. The summed E-state index contributed by atoms with van der Waals surface area (Å²) >= 11 is 0. The Morgan fingerprint density at radius 1 is 1.10 bits per heavy atom. The third-order valence-electron chi connectivity index (χ3n) is 4.78. The second kappa shape index (κ2) is 9.23. The minimum atomic E-state index is -0.562. The van der Waals surface area contributed by atoms with Crippen molar-refractivity contribution in [1.29, 1.82) is 0 Å². The quantitative estimate of drug-likeness (QED) is 0.739. The SMILES string of the molecule is COC(=O)N1C/C=C\[C@H](c2ccc(OC)cc2)N(Cc2ccc(F)cc2)C(=O)C1. The second-order valence-corrected chi connectivity index (χ2v) is 6.64. The summed E-state index contributed by atoms with van der Waals surface area (Å²) in [5, 5.41) is 0. The first-order valence-electron chi connectivity index (χ1n) is 9.19. The van der Waals surface area contributed by atoms with Gasteiger partial charge in [-0.25, -0.2) is 9.18 Å². The van der Waals surface area contributed by atoms with E-state index in [2.05, 4.69) is 0 Å². The Kier molecular flexibility index (Phi) is 6.49. The van der Waals surface area contributed by atoms with Gasteiger partial charge in [0.2, 0.25) is 5.91 Å². The predicted molar refractivity (Wildman–Crippen MR) is 106 cm³/mol. The van der Waals surface area contributed by atoms with Crippen LogP contribution in [0.2, 0.25) is 0 Å². The van der Waals surface area contributed by atoms with Crippen LogP contribution < -0.4 is 4.74 Å². The minimum Gasteiger partial charge on any atom is -0.497 e. The summed E-state index contributed by atoms with van der Waals surface area (Å²) in [7, 11) is 2.88. The molecule has 0 spiro atoms. The average Bonchev–Trinajstić information content (AvgIpc) is 2.74. The van der Waals surface area contributed by atoms with Crippen LogP contribution in [-0.4, -0.2) is 49.1 Å².